The Morgan fingerprint density at radius 2 is 1.89 bits per heavy atom. The Kier molecular flexibility index (Phi) is 5.54. The molecule has 0 spiro atoms. The van der Waals surface area contributed by atoms with E-state index in [4.69, 9.17) is 0 Å². The summed E-state index contributed by atoms with van der Waals surface area (Å²) >= 11 is 0. The van der Waals surface area contributed by atoms with Crippen molar-refractivity contribution in [3.05, 3.63) is 0 Å². The molecule has 6 nitrogen and oxygen atoms in total. The van der Waals surface area contributed by atoms with Crippen molar-refractivity contribution in [2.24, 2.45) is 5.41 Å². The van der Waals surface area contributed by atoms with Crippen LogP contribution in [0.1, 0.15) is 27.2 Å². The summed E-state index contributed by atoms with van der Waals surface area (Å²) in [5, 5.41) is 12.9. The molecule has 3 N–H and O–H groups in total. The van der Waals surface area contributed by atoms with Gasteiger partial charge in [0, 0.05) is 32.7 Å². The van der Waals surface area contributed by atoms with Crippen LogP contribution in [0.3, 0.4) is 0 Å². The van der Waals surface area contributed by atoms with Crippen LogP contribution in [-0.2, 0) is 10.2 Å². The third-order valence-electron chi connectivity index (χ3n) is 2.77. The van der Waals surface area contributed by atoms with Crippen LogP contribution in [0.25, 0.3) is 0 Å². The minimum Gasteiger partial charge on any atom is -0.392 e. The Morgan fingerprint density at radius 3 is 2.39 bits per heavy atom. The summed E-state index contributed by atoms with van der Waals surface area (Å²) in [7, 11) is -3.45. The zero-order valence-electron chi connectivity index (χ0n) is 11.4. The minimum absolute atomic E-state index is 0.0140. The molecule has 1 fully saturated rings. The first-order valence-corrected chi connectivity index (χ1v) is 7.78. The van der Waals surface area contributed by atoms with Crippen molar-refractivity contribution in [1.29, 1.82) is 0 Å². The monoisotopic (exact) mass is 279 g/mol. The molecular weight excluding hydrogens is 254 g/mol. The lowest BCUT2D eigenvalue weighted by molar-refractivity contribution is 0.124. The van der Waals surface area contributed by atoms with Gasteiger partial charge < -0.3 is 10.4 Å². The van der Waals surface area contributed by atoms with Crippen LogP contribution in [0.4, 0.5) is 0 Å². The SMILES string of the molecule is CC(C)(C)CC(O)CNS(=O)(=O)N1CCNCC1. The molecule has 1 aliphatic heterocycles. The number of aliphatic hydroxyl groups excluding tert-OH is 1. The Morgan fingerprint density at radius 1 is 1.33 bits per heavy atom. The summed E-state index contributed by atoms with van der Waals surface area (Å²) < 4.78 is 27.7. The topological polar surface area (TPSA) is 81.7 Å². The van der Waals surface area contributed by atoms with Gasteiger partial charge in [0.1, 0.15) is 0 Å². The van der Waals surface area contributed by atoms with Crippen LogP contribution in [0, 0.1) is 5.41 Å². The maximum atomic E-state index is 11.9. The summed E-state index contributed by atoms with van der Waals surface area (Å²) in [5.41, 5.74) is -0.0140. The number of nitrogens with one attached hydrogen (secondary N) is 2. The van der Waals surface area contributed by atoms with Gasteiger partial charge >= 0.3 is 0 Å². The van der Waals surface area contributed by atoms with Crippen LogP contribution >= 0.6 is 0 Å². The number of hydrogen-bond acceptors (Lipinski definition) is 4. The third-order valence-corrected chi connectivity index (χ3v) is 4.34. The Balaban J connectivity index is 2.41. The molecule has 7 heteroatoms. The zero-order valence-corrected chi connectivity index (χ0v) is 12.3. The number of aliphatic hydroxyl groups is 1. The summed E-state index contributed by atoms with van der Waals surface area (Å²) in [6.07, 6.45) is -0.0837. The molecule has 0 saturated carbocycles. The fourth-order valence-corrected chi connectivity index (χ4v) is 3.21. The standard InChI is InChI=1S/C11H25N3O3S/c1-11(2,3)8-10(15)9-13-18(16,17)14-6-4-12-5-7-14/h10,12-13,15H,4-9H2,1-3H3. The Hall–Kier alpha value is -0.210. The van der Waals surface area contributed by atoms with Crippen molar-refractivity contribution >= 4 is 10.2 Å². The number of hydrogen-bond donors (Lipinski definition) is 3. The molecule has 1 saturated heterocycles. The molecule has 1 rings (SSSR count). The lowest BCUT2D eigenvalue weighted by Gasteiger charge is -2.28. The molecule has 1 atom stereocenters. The highest BCUT2D eigenvalue weighted by Gasteiger charge is 2.25. The number of piperazine rings is 1. The van der Waals surface area contributed by atoms with Crippen LogP contribution in [0.5, 0.6) is 0 Å². The van der Waals surface area contributed by atoms with Crippen molar-refractivity contribution < 1.29 is 13.5 Å². The molecular formula is C11H25N3O3S. The molecule has 0 aliphatic carbocycles. The van der Waals surface area contributed by atoms with Crippen molar-refractivity contribution in [1.82, 2.24) is 14.3 Å². The van der Waals surface area contributed by atoms with Crippen LogP contribution in [0.15, 0.2) is 0 Å². The first kappa shape index (κ1) is 15.8. The molecule has 0 aromatic rings. The lowest BCUT2D eigenvalue weighted by atomic mass is 9.89. The van der Waals surface area contributed by atoms with E-state index in [2.05, 4.69) is 10.0 Å². The molecule has 0 aromatic heterocycles. The smallest absolute Gasteiger partial charge is 0.279 e. The molecule has 0 bridgehead atoms. The molecule has 1 heterocycles. The highest BCUT2D eigenvalue weighted by atomic mass is 32.2. The van der Waals surface area contributed by atoms with E-state index in [0.717, 1.165) is 0 Å². The van der Waals surface area contributed by atoms with Crippen LogP contribution in [-0.4, -0.2) is 56.7 Å². The van der Waals surface area contributed by atoms with E-state index < -0.39 is 16.3 Å². The van der Waals surface area contributed by atoms with Crippen molar-refractivity contribution in [2.75, 3.05) is 32.7 Å². The molecule has 18 heavy (non-hydrogen) atoms. The lowest BCUT2D eigenvalue weighted by Crippen LogP contribution is -2.51. The molecule has 0 radical (unpaired) electrons. The second-order valence-corrected chi connectivity index (χ2v) is 7.68. The van der Waals surface area contributed by atoms with E-state index in [1.165, 1.54) is 4.31 Å². The molecule has 108 valence electrons. The van der Waals surface area contributed by atoms with Gasteiger partial charge in [0.05, 0.1) is 6.10 Å². The zero-order chi connectivity index (χ0) is 13.8. The van der Waals surface area contributed by atoms with Gasteiger partial charge in [0.15, 0.2) is 0 Å². The van der Waals surface area contributed by atoms with Crippen molar-refractivity contribution in [2.45, 2.75) is 33.3 Å². The van der Waals surface area contributed by atoms with Crippen molar-refractivity contribution in [3.8, 4) is 0 Å². The largest absolute Gasteiger partial charge is 0.392 e. The predicted octanol–water partition coefficient (Wildman–Crippen LogP) is -0.477. The molecule has 1 aliphatic rings. The minimum atomic E-state index is -3.45. The quantitative estimate of drug-likeness (QED) is 0.635. The highest BCUT2D eigenvalue weighted by molar-refractivity contribution is 7.87. The summed E-state index contributed by atoms with van der Waals surface area (Å²) in [4.78, 5) is 0. The fourth-order valence-electron chi connectivity index (χ4n) is 1.96. The van der Waals surface area contributed by atoms with Gasteiger partial charge in [0.2, 0.25) is 0 Å². The molecule has 1 unspecified atom stereocenters. The summed E-state index contributed by atoms with van der Waals surface area (Å²) in [5.74, 6) is 0. The number of rotatable bonds is 5. The van der Waals surface area contributed by atoms with Gasteiger partial charge in [-0.2, -0.15) is 17.4 Å². The van der Waals surface area contributed by atoms with E-state index in [0.29, 0.717) is 32.6 Å². The highest BCUT2D eigenvalue weighted by Crippen LogP contribution is 2.20. The second kappa shape index (κ2) is 6.29. The third kappa shape index (κ3) is 5.62. The first-order valence-electron chi connectivity index (χ1n) is 6.34. The average Bonchev–Trinajstić information content (AvgIpc) is 2.26. The predicted molar refractivity (Wildman–Crippen MR) is 71.4 cm³/mol. The van der Waals surface area contributed by atoms with E-state index in [1.54, 1.807) is 0 Å². The molecule has 0 amide bonds. The van der Waals surface area contributed by atoms with E-state index in [-0.39, 0.29) is 12.0 Å². The van der Waals surface area contributed by atoms with E-state index in [1.807, 2.05) is 20.8 Å². The van der Waals surface area contributed by atoms with Gasteiger partial charge in [-0.15, -0.1) is 0 Å². The van der Waals surface area contributed by atoms with Gasteiger partial charge in [0.25, 0.3) is 10.2 Å². The van der Waals surface area contributed by atoms with Crippen molar-refractivity contribution in [3.63, 3.8) is 0 Å². The maximum absolute atomic E-state index is 11.9. The van der Waals surface area contributed by atoms with Crippen LogP contribution < -0.4 is 10.0 Å². The normalized spacial score (nSPS) is 20.9. The van der Waals surface area contributed by atoms with Gasteiger partial charge in [-0.1, -0.05) is 20.8 Å². The fraction of sp³-hybridized carbons (Fsp3) is 1.00. The Bertz CT molecular complexity index is 345. The van der Waals surface area contributed by atoms with Gasteiger partial charge in [-0.3, -0.25) is 0 Å². The first-order chi connectivity index (χ1) is 8.21. The second-order valence-electron chi connectivity index (χ2n) is 5.92. The van der Waals surface area contributed by atoms with Gasteiger partial charge in [-0.25, -0.2) is 0 Å². The summed E-state index contributed by atoms with van der Waals surface area (Å²) in [6, 6.07) is 0. The Labute approximate surface area is 110 Å². The summed E-state index contributed by atoms with van der Waals surface area (Å²) in [6.45, 7) is 8.42. The van der Waals surface area contributed by atoms with E-state index >= 15 is 0 Å². The average molecular weight is 279 g/mol. The van der Waals surface area contributed by atoms with Gasteiger partial charge in [-0.05, 0) is 11.8 Å². The maximum Gasteiger partial charge on any atom is 0.279 e. The van der Waals surface area contributed by atoms with Crippen LogP contribution in [0.2, 0.25) is 0 Å². The number of nitrogens with zero attached hydrogens (tertiary/aromatic N) is 1. The van der Waals surface area contributed by atoms with E-state index in [9.17, 15) is 13.5 Å². The molecule has 0 aromatic carbocycles.